The van der Waals surface area contributed by atoms with Gasteiger partial charge in [-0.1, -0.05) is 121 Å². The van der Waals surface area contributed by atoms with Gasteiger partial charge in [-0.25, -0.2) is 9.59 Å². The molecule has 1 aliphatic rings. The Kier molecular flexibility index (Phi) is 14.0. The maximum atomic E-state index is 13.1. The molecule has 4 aromatic rings. The van der Waals surface area contributed by atoms with E-state index in [-0.39, 0.29) is 12.1 Å². The van der Waals surface area contributed by atoms with E-state index in [4.69, 9.17) is 9.90 Å². The van der Waals surface area contributed by atoms with Crippen molar-refractivity contribution in [2.24, 2.45) is 5.92 Å². The monoisotopic (exact) mass is 689 g/mol. The normalized spacial score (nSPS) is 16.8. The Labute approximate surface area is 292 Å². The van der Waals surface area contributed by atoms with Crippen LogP contribution in [0.25, 0.3) is 0 Å². The van der Waals surface area contributed by atoms with Crippen molar-refractivity contribution in [1.29, 1.82) is 0 Å². The van der Waals surface area contributed by atoms with Gasteiger partial charge in [-0.3, -0.25) is 4.90 Å². The van der Waals surface area contributed by atoms with Crippen LogP contribution in [-0.4, -0.2) is 51.9 Å². The van der Waals surface area contributed by atoms with E-state index in [2.05, 4.69) is 76.2 Å². The van der Waals surface area contributed by atoms with Gasteiger partial charge in [-0.2, -0.15) is 13.2 Å². The molecule has 0 radical (unpaired) electrons. The van der Waals surface area contributed by atoms with E-state index in [0.29, 0.717) is 5.92 Å². The summed E-state index contributed by atoms with van der Waals surface area (Å²) in [5.74, 6) is -2.09. The molecule has 266 valence electrons. The Bertz CT molecular complexity index is 1500. The van der Waals surface area contributed by atoms with Gasteiger partial charge in [0.25, 0.3) is 0 Å². The standard InChI is InChI=1S/C38H45N3O2.C2HF3O2/c1-30(38(43,34-18-10-4-11-19-34)35-20-12-5-13-21-35)39-37(42)40-36-24-22-31(23-25-36)26-27-41(28-32-14-6-2-7-15-32)29-33-16-8-3-9-17-33;3-2(4,5)1(6)7/h2-21,30-31,36,43H,22-29H2,1H3,(H2,39,40,42);(H,6,7)/t30-,31?,36?;/m0./s1. The summed E-state index contributed by atoms with van der Waals surface area (Å²) < 4.78 is 31.7. The predicted molar refractivity (Wildman–Crippen MR) is 188 cm³/mol. The summed E-state index contributed by atoms with van der Waals surface area (Å²) in [5.41, 5.74) is 2.85. The third-order valence-electron chi connectivity index (χ3n) is 9.18. The molecule has 2 amide bonds. The van der Waals surface area contributed by atoms with Crippen LogP contribution in [0.4, 0.5) is 18.0 Å². The van der Waals surface area contributed by atoms with E-state index in [9.17, 15) is 23.1 Å². The number of aliphatic carboxylic acids is 1. The molecule has 50 heavy (non-hydrogen) atoms. The number of hydrogen-bond donors (Lipinski definition) is 4. The molecule has 1 aliphatic carbocycles. The number of hydrogen-bond acceptors (Lipinski definition) is 4. The number of carboxylic acid groups (broad SMARTS) is 1. The number of aliphatic hydroxyl groups is 1. The molecule has 10 heteroatoms. The molecule has 0 saturated heterocycles. The number of halogens is 3. The first kappa shape index (κ1) is 38.1. The Morgan fingerprint density at radius 3 is 1.54 bits per heavy atom. The van der Waals surface area contributed by atoms with Crippen LogP contribution >= 0.6 is 0 Å². The Hall–Kier alpha value is -4.67. The highest BCUT2D eigenvalue weighted by atomic mass is 19.4. The molecule has 0 aliphatic heterocycles. The van der Waals surface area contributed by atoms with Crippen molar-refractivity contribution < 1.29 is 33.0 Å². The van der Waals surface area contributed by atoms with Gasteiger partial charge in [0.1, 0.15) is 5.60 Å². The highest BCUT2D eigenvalue weighted by Crippen LogP contribution is 2.33. The fourth-order valence-electron chi connectivity index (χ4n) is 6.44. The summed E-state index contributed by atoms with van der Waals surface area (Å²) in [6.45, 7) is 4.82. The molecule has 0 spiro atoms. The molecule has 0 unspecified atom stereocenters. The van der Waals surface area contributed by atoms with Crippen molar-refractivity contribution in [2.75, 3.05) is 6.54 Å². The summed E-state index contributed by atoms with van der Waals surface area (Å²) in [6, 6.07) is 40.0. The summed E-state index contributed by atoms with van der Waals surface area (Å²) in [5, 5.41) is 25.3. The SMILES string of the molecule is C[C@H](NC(=O)NC1CCC(CCN(Cc2ccccc2)Cc2ccccc2)CC1)C(O)(c1ccccc1)c1ccccc1.O=C(O)C(F)(F)F. The molecule has 1 saturated carbocycles. The number of urea groups is 1. The van der Waals surface area contributed by atoms with Crippen molar-refractivity contribution in [3.63, 3.8) is 0 Å². The zero-order valence-corrected chi connectivity index (χ0v) is 28.2. The molecule has 4 N–H and O–H groups in total. The molecule has 4 aromatic carbocycles. The fourth-order valence-corrected chi connectivity index (χ4v) is 6.44. The molecule has 0 bridgehead atoms. The quantitative estimate of drug-likeness (QED) is 0.121. The number of carbonyl (C=O) groups excluding carboxylic acids is 1. The van der Waals surface area contributed by atoms with E-state index < -0.39 is 23.8 Å². The lowest BCUT2D eigenvalue weighted by atomic mass is 9.81. The molecule has 0 aromatic heterocycles. The second kappa shape index (κ2) is 18.4. The zero-order chi connectivity index (χ0) is 36.0. The molecule has 0 heterocycles. The minimum absolute atomic E-state index is 0.148. The Morgan fingerprint density at radius 1 is 0.740 bits per heavy atom. The van der Waals surface area contributed by atoms with Gasteiger partial charge in [0, 0.05) is 19.1 Å². The number of amides is 2. The Balaban J connectivity index is 0.000000727. The molecule has 1 fully saturated rings. The van der Waals surface area contributed by atoms with Crippen LogP contribution in [0.3, 0.4) is 0 Å². The smallest absolute Gasteiger partial charge is 0.475 e. The van der Waals surface area contributed by atoms with Crippen molar-refractivity contribution in [3.05, 3.63) is 144 Å². The first-order valence-electron chi connectivity index (χ1n) is 17.0. The number of nitrogens with zero attached hydrogens (tertiary/aromatic N) is 1. The van der Waals surface area contributed by atoms with Crippen LogP contribution < -0.4 is 10.6 Å². The lowest BCUT2D eigenvalue weighted by Crippen LogP contribution is -2.54. The molecule has 1 atom stereocenters. The minimum Gasteiger partial charge on any atom is -0.475 e. The highest BCUT2D eigenvalue weighted by molar-refractivity contribution is 5.75. The molecule has 7 nitrogen and oxygen atoms in total. The minimum atomic E-state index is -5.08. The third kappa shape index (κ3) is 11.5. The van der Waals surface area contributed by atoms with E-state index in [1.165, 1.54) is 11.1 Å². The van der Waals surface area contributed by atoms with Crippen molar-refractivity contribution in [3.8, 4) is 0 Å². The van der Waals surface area contributed by atoms with Crippen molar-refractivity contribution >= 4 is 12.0 Å². The number of carbonyl (C=O) groups is 2. The van der Waals surface area contributed by atoms with Crippen LogP contribution in [-0.2, 0) is 23.5 Å². The fraction of sp³-hybridized carbons (Fsp3) is 0.350. The number of benzene rings is 4. The average Bonchev–Trinajstić information content (AvgIpc) is 3.12. The zero-order valence-electron chi connectivity index (χ0n) is 28.2. The van der Waals surface area contributed by atoms with Crippen LogP contribution in [0.5, 0.6) is 0 Å². The van der Waals surface area contributed by atoms with E-state index in [1.54, 1.807) is 0 Å². The number of carboxylic acids is 1. The first-order chi connectivity index (χ1) is 23.9. The summed E-state index contributed by atoms with van der Waals surface area (Å²) in [7, 11) is 0. The lowest BCUT2D eigenvalue weighted by Gasteiger charge is -2.36. The molecule has 5 rings (SSSR count). The highest BCUT2D eigenvalue weighted by Gasteiger charge is 2.39. The molecular formula is C40H46F3N3O4. The topological polar surface area (TPSA) is 102 Å². The summed E-state index contributed by atoms with van der Waals surface area (Å²) >= 11 is 0. The molecular weight excluding hydrogens is 643 g/mol. The van der Waals surface area contributed by atoms with Gasteiger partial charge in [-0.15, -0.1) is 0 Å². The van der Waals surface area contributed by atoms with Gasteiger partial charge in [0.2, 0.25) is 0 Å². The Morgan fingerprint density at radius 2 is 1.14 bits per heavy atom. The first-order valence-corrected chi connectivity index (χ1v) is 17.0. The van der Waals surface area contributed by atoms with E-state index in [0.717, 1.165) is 62.9 Å². The van der Waals surface area contributed by atoms with Gasteiger partial charge < -0.3 is 20.8 Å². The largest absolute Gasteiger partial charge is 0.490 e. The van der Waals surface area contributed by atoms with Gasteiger partial charge in [-0.05, 0) is 73.7 Å². The van der Waals surface area contributed by atoms with E-state index >= 15 is 0 Å². The van der Waals surface area contributed by atoms with Crippen LogP contribution in [0.15, 0.2) is 121 Å². The van der Waals surface area contributed by atoms with Gasteiger partial charge in [0.15, 0.2) is 0 Å². The number of rotatable bonds is 12. The van der Waals surface area contributed by atoms with Crippen LogP contribution in [0, 0.1) is 5.92 Å². The van der Waals surface area contributed by atoms with Crippen molar-refractivity contribution in [1.82, 2.24) is 15.5 Å². The van der Waals surface area contributed by atoms with Crippen molar-refractivity contribution in [2.45, 2.75) is 76.0 Å². The predicted octanol–water partition coefficient (Wildman–Crippen LogP) is 7.89. The maximum Gasteiger partial charge on any atom is 0.490 e. The third-order valence-corrected chi connectivity index (χ3v) is 9.18. The number of alkyl halides is 3. The van der Waals surface area contributed by atoms with Crippen LogP contribution in [0.1, 0.15) is 61.3 Å². The van der Waals surface area contributed by atoms with E-state index in [1.807, 2.05) is 67.6 Å². The summed E-state index contributed by atoms with van der Waals surface area (Å²) in [6.07, 6.45) is 0.264. The van der Waals surface area contributed by atoms with Crippen LogP contribution in [0.2, 0.25) is 0 Å². The van der Waals surface area contributed by atoms with Gasteiger partial charge >= 0.3 is 18.2 Å². The number of nitrogens with one attached hydrogen (secondary N) is 2. The van der Waals surface area contributed by atoms with Gasteiger partial charge in [0.05, 0.1) is 6.04 Å². The summed E-state index contributed by atoms with van der Waals surface area (Å²) in [4.78, 5) is 24.6. The lowest BCUT2D eigenvalue weighted by molar-refractivity contribution is -0.192. The average molecular weight is 690 g/mol. The second-order valence-corrected chi connectivity index (χ2v) is 12.8. The second-order valence-electron chi connectivity index (χ2n) is 12.8. The maximum absolute atomic E-state index is 13.1.